The predicted octanol–water partition coefficient (Wildman–Crippen LogP) is 2.67. The summed E-state index contributed by atoms with van der Waals surface area (Å²) in [5.74, 6) is 1.83. The highest BCUT2D eigenvalue weighted by Gasteiger charge is 2.21. The first kappa shape index (κ1) is 16.1. The Balaban J connectivity index is 1.94. The number of nitrogens with zero attached hydrogens (tertiary/aromatic N) is 1. The van der Waals surface area contributed by atoms with Gasteiger partial charge >= 0.3 is 0 Å². The average Bonchev–Trinajstić information content (AvgIpc) is 2.54. The minimum Gasteiger partial charge on any atom is -0.496 e. The molecule has 1 N–H and O–H groups in total. The maximum atomic E-state index is 5.48. The molecule has 1 fully saturated rings. The van der Waals surface area contributed by atoms with Crippen LogP contribution in [0, 0.1) is 0 Å². The Morgan fingerprint density at radius 2 is 1.76 bits per heavy atom. The molecule has 1 saturated heterocycles. The molecule has 0 spiro atoms. The van der Waals surface area contributed by atoms with Crippen LogP contribution in [-0.2, 0) is 6.54 Å². The van der Waals surface area contributed by atoms with Gasteiger partial charge in [-0.05, 0) is 51.0 Å². The molecule has 1 aromatic rings. The summed E-state index contributed by atoms with van der Waals surface area (Å²) in [5, 5.41) is 3.62. The lowest BCUT2D eigenvalue weighted by Crippen LogP contribution is -2.42. The van der Waals surface area contributed by atoms with Gasteiger partial charge in [0.2, 0.25) is 0 Å². The summed E-state index contributed by atoms with van der Waals surface area (Å²) in [6.07, 6.45) is 3.65. The third-order valence-corrected chi connectivity index (χ3v) is 4.18. The van der Waals surface area contributed by atoms with E-state index in [1.54, 1.807) is 14.2 Å². The van der Waals surface area contributed by atoms with Crippen molar-refractivity contribution in [3.63, 3.8) is 0 Å². The van der Waals surface area contributed by atoms with Gasteiger partial charge in [0, 0.05) is 12.6 Å². The second-order valence-electron chi connectivity index (χ2n) is 5.65. The zero-order valence-corrected chi connectivity index (χ0v) is 13.5. The topological polar surface area (TPSA) is 33.7 Å². The largest absolute Gasteiger partial charge is 0.496 e. The molecule has 21 heavy (non-hydrogen) atoms. The van der Waals surface area contributed by atoms with Crippen molar-refractivity contribution in [3.05, 3.63) is 23.8 Å². The number of likely N-dealkylation sites (tertiary alicyclic amines) is 1. The van der Waals surface area contributed by atoms with Crippen molar-refractivity contribution in [2.24, 2.45) is 0 Å². The number of nitrogens with one attached hydrogen (secondary N) is 1. The van der Waals surface area contributed by atoms with E-state index in [0.29, 0.717) is 6.04 Å². The van der Waals surface area contributed by atoms with Gasteiger partial charge in [-0.15, -0.1) is 0 Å². The molecule has 1 heterocycles. The summed E-state index contributed by atoms with van der Waals surface area (Å²) in [7, 11) is 3.44. The quantitative estimate of drug-likeness (QED) is 0.838. The molecule has 4 heteroatoms. The fraction of sp³-hybridized carbons (Fsp3) is 0.647. The Morgan fingerprint density at radius 1 is 1.14 bits per heavy atom. The average molecular weight is 292 g/mol. The Labute approximate surface area is 128 Å². The third-order valence-electron chi connectivity index (χ3n) is 4.18. The van der Waals surface area contributed by atoms with E-state index in [1.807, 2.05) is 18.2 Å². The molecule has 4 nitrogen and oxygen atoms in total. The highest BCUT2D eigenvalue weighted by Crippen LogP contribution is 2.30. The lowest BCUT2D eigenvalue weighted by molar-refractivity contribution is 0.187. The zero-order chi connectivity index (χ0) is 15.1. The molecule has 1 aromatic carbocycles. The predicted molar refractivity (Wildman–Crippen MR) is 86.1 cm³/mol. The Bertz CT molecular complexity index is 407. The number of hydrogen-bond acceptors (Lipinski definition) is 4. The van der Waals surface area contributed by atoms with Crippen LogP contribution < -0.4 is 14.8 Å². The molecule has 1 aliphatic rings. The summed E-state index contributed by atoms with van der Waals surface area (Å²) >= 11 is 0. The van der Waals surface area contributed by atoms with E-state index in [4.69, 9.17) is 9.47 Å². The Hall–Kier alpha value is -1.26. The van der Waals surface area contributed by atoms with Crippen molar-refractivity contribution in [2.75, 3.05) is 33.9 Å². The second kappa shape index (κ2) is 8.25. The molecule has 118 valence electrons. The molecule has 1 aliphatic heterocycles. The second-order valence-corrected chi connectivity index (χ2v) is 5.65. The van der Waals surface area contributed by atoms with Gasteiger partial charge in [-0.1, -0.05) is 13.0 Å². The van der Waals surface area contributed by atoms with Crippen LogP contribution in [0.1, 0.15) is 31.7 Å². The van der Waals surface area contributed by atoms with Crippen molar-refractivity contribution in [1.29, 1.82) is 0 Å². The van der Waals surface area contributed by atoms with Gasteiger partial charge in [0.15, 0.2) is 0 Å². The molecule has 0 aromatic heterocycles. The molecular weight excluding hydrogens is 264 g/mol. The summed E-state index contributed by atoms with van der Waals surface area (Å²) in [6.45, 7) is 6.50. The smallest absolute Gasteiger partial charge is 0.127 e. The summed E-state index contributed by atoms with van der Waals surface area (Å²) < 4.78 is 11.0. The van der Waals surface area contributed by atoms with Crippen molar-refractivity contribution < 1.29 is 9.47 Å². The van der Waals surface area contributed by atoms with E-state index in [2.05, 4.69) is 17.1 Å². The van der Waals surface area contributed by atoms with Crippen LogP contribution in [0.25, 0.3) is 0 Å². The van der Waals surface area contributed by atoms with Crippen LogP contribution in [0.15, 0.2) is 18.2 Å². The number of rotatable bonds is 7. The minimum absolute atomic E-state index is 0.681. The molecule has 0 amide bonds. The lowest BCUT2D eigenvalue weighted by Gasteiger charge is -2.33. The van der Waals surface area contributed by atoms with Gasteiger partial charge < -0.3 is 14.8 Å². The van der Waals surface area contributed by atoms with Crippen LogP contribution in [0.5, 0.6) is 11.5 Å². The molecular formula is C17H28N2O2. The molecule has 0 unspecified atom stereocenters. The first-order valence-corrected chi connectivity index (χ1v) is 7.94. The van der Waals surface area contributed by atoms with Gasteiger partial charge in [0.05, 0.1) is 19.8 Å². The van der Waals surface area contributed by atoms with Crippen LogP contribution in [0.3, 0.4) is 0 Å². The maximum Gasteiger partial charge on any atom is 0.127 e. The minimum atomic E-state index is 0.681. The summed E-state index contributed by atoms with van der Waals surface area (Å²) in [5.41, 5.74) is 1.16. The van der Waals surface area contributed by atoms with E-state index in [-0.39, 0.29) is 0 Å². The monoisotopic (exact) mass is 292 g/mol. The highest BCUT2D eigenvalue weighted by atomic mass is 16.5. The van der Waals surface area contributed by atoms with Crippen molar-refractivity contribution in [2.45, 2.75) is 38.8 Å². The summed E-state index contributed by atoms with van der Waals surface area (Å²) in [6, 6.07) is 6.67. The van der Waals surface area contributed by atoms with Gasteiger partial charge in [0.1, 0.15) is 11.5 Å². The molecule has 0 bridgehead atoms. The number of hydrogen-bond donors (Lipinski definition) is 1. The van der Waals surface area contributed by atoms with Crippen LogP contribution in [0.2, 0.25) is 0 Å². The Kier molecular flexibility index (Phi) is 6.33. The molecule has 2 rings (SSSR count). The van der Waals surface area contributed by atoms with Crippen LogP contribution in [0.4, 0.5) is 0 Å². The number of piperidine rings is 1. The molecule has 0 saturated carbocycles. The van der Waals surface area contributed by atoms with E-state index < -0.39 is 0 Å². The first-order chi connectivity index (χ1) is 10.3. The van der Waals surface area contributed by atoms with Gasteiger partial charge in [-0.25, -0.2) is 0 Å². The van der Waals surface area contributed by atoms with Crippen molar-refractivity contribution in [1.82, 2.24) is 10.2 Å². The number of methoxy groups -OCH3 is 2. The molecule has 0 aliphatic carbocycles. The van der Waals surface area contributed by atoms with E-state index in [9.17, 15) is 0 Å². The summed E-state index contributed by atoms with van der Waals surface area (Å²) in [4.78, 5) is 2.49. The zero-order valence-electron chi connectivity index (χ0n) is 13.5. The van der Waals surface area contributed by atoms with Crippen molar-refractivity contribution in [3.8, 4) is 11.5 Å². The van der Waals surface area contributed by atoms with E-state index in [0.717, 1.165) is 43.2 Å². The van der Waals surface area contributed by atoms with Crippen molar-refractivity contribution >= 4 is 0 Å². The Morgan fingerprint density at radius 3 is 2.29 bits per heavy atom. The van der Waals surface area contributed by atoms with Gasteiger partial charge in [-0.2, -0.15) is 0 Å². The van der Waals surface area contributed by atoms with E-state index in [1.165, 1.54) is 19.3 Å². The number of benzene rings is 1. The van der Waals surface area contributed by atoms with Gasteiger partial charge in [-0.3, -0.25) is 4.90 Å². The fourth-order valence-corrected chi connectivity index (χ4v) is 2.95. The van der Waals surface area contributed by atoms with E-state index >= 15 is 0 Å². The van der Waals surface area contributed by atoms with Crippen LogP contribution in [-0.4, -0.2) is 44.8 Å². The van der Waals surface area contributed by atoms with Crippen LogP contribution >= 0.6 is 0 Å². The highest BCUT2D eigenvalue weighted by molar-refractivity contribution is 5.44. The fourth-order valence-electron chi connectivity index (χ4n) is 2.95. The molecule has 0 atom stereocenters. The first-order valence-electron chi connectivity index (χ1n) is 7.94. The SMILES string of the molecule is CCCNC1CCN(Cc2c(OC)cccc2OC)CC1. The standard InChI is InChI=1S/C17H28N2O2/c1-4-10-18-14-8-11-19(12-9-14)13-15-16(20-2)6-5-7-17(15)21-3/h5-7,14,18H,4,8-13H2,1-3H3. The maximum absolute atomic E-state index is 5.48. The third kappa shape index (κ3) is 4.35. The normalized spacial score (nSPS) is 16.9. The van der Waals surface area contributed by atoms with Gasteiger partial charge in [0.25, 0.3) is 0 Å². The molecule has 0 radical (unpaired) electrons. The number of ether oxygens (including phenoxy) is 2. The lowest BCUT2D eigenvalue weighted by atomic mass is 10.0.